The molecule has 4 nitrogen and oxygen atoms in total. The van der Waals surface area contributed by atoms with Crippen LogP contribution in [0.3, 0.4) is 0 Å². The molecule has 0 unspecified atom stereocenters. The predicted molar refractivity (Wildman–Crippen MR) is 56.4 cm³/mol. The molecule has 84 valence electrons. The molecule has 15 heavy (non-hydrogen) atoms. The Hall–Kier alpha value is -1.32. The number of rotatable bonds is 2. The summed E-state index contributed by atoms with van der Waals surface area (Å²) in [7, 11) is 0. The van der Waals surface area contributed by atoms with Crippen molar-refractivity contribution in [1.29, 1.82) is 0 Å². The first-order valence-electron chi connectivity index (χ1n) is 5.04. The molecular weight excluding hydrogens is 194 g/mol. The molecule has 0 atom stereocenters. The molecule has 0 aromatic carbocycles. The highest BCUT2D eigenvalue weighted by Gasteiger charge is 2.39. The molecule has 1 aliphatic rings. The number of hydrogen-bond donors (Lipinski definition) is 1. The zero-order valence-electron chi connectivity index (χ0n) is 9.41. The first-order chi connectivity index (χ1) is 6.85. The Labute approximate surface area is 89.6 Å². The second-order valence-corrected chi connectivity index (χ2v) is 4.50. The second-order valence-electron chi connectivity index (χ2n) is 4.50. The largest absolute Gasteiger partial charge is 0.480 e. The van der Waals surface area contributed by atoms with Gasteiger partial charge >= 0.3 is 5.97 Å². The van der Waals surface area contributed by atoms with E-state index in [2.05, 4.69) is 6.08 Å². The molecule has 1 aliphatic heterocycles. The molecule has 0 radical (unpaired) electrons. The van der Waals surface area contributed by atoms with E-state index in [1.165, 1.54) is 13.8 Å². The number of carbonyl (C=O) groups is 2. The fraction of sp³-hybridized carbons (Fsp3) is 0.636. The minimum Gasteiger partial charge on any atom is -0.480 e. The van der Waals surface area contributed by atoms with Crippen LogP contribution in [-0.2, 0) is 9.59 Å². The minimum absolute atomic E-state index is 0.303. The first kappa shape index (κ1) is 11.8. The molecule has 1 rings (SSSR count). The van der Waals surface area contributed by atoms with Gasteiger partial charge in [-0.05, 0) is 27.2 Å². The van der Waals surface area contributed by atoms with Crippen molar-refractivity contribution in [2.45, 2.75) is 27.2 Å². The molecule has 0 bridgehead atoms. The normalized spacial score (nSPS) is 17.3. The summed E-state index contributed by atoms with van der Waals surface area (Å²) < 4.78 is 0. The number of amides is 1. The maximum Gasteiger partial charge on any atom is 0.318 e. The standard InChI is InChI=1S/C11H17NO3/c1-8-5-4-6-12(7-8)9(13)11(2,3)10(14)15/h5H,4,6-7H2,1-3H3,(H,14,15). The van der Waals surface area contributed by atoms with Crippen LogP contribution in [0.1, 0.15) is 27.2 Å². The molecule has 0 saturated carbocycles. The van der Waals surface area contributed by atoms with Gasteiger partial charge < -0.3 is 10.0 Å². The molecule has 0 fully saturated rings. The van der Waals surface area contributed by atoms with E-state index >= 15 is 0 Å². The molecule has 1 amide bonds. The van der Waals surface area contributed by atoms with E-state index in [0.717, 1.165) is 12.0 Å². The lowest BCUT2D eigenvalue weighted by molar-refractivity contribution is -0.158. The van der Waals surface area contributed by atoms with Gasteiger partial charge in [0.1, 0.15) is 5.41 Å². The van der Waals surface area contributed by atoms with Crippen molar-refractivity contribution in [3.8, 4) is 0 Å². The van der Waals surface area contributed by atoms with E-state index in [0.29, 0.717) is 13.1 Å². The highest BCUT2D eigenvalue weighted by molar-refractivity contribution is 6.01. The van der Waals surface area contributed by atoms with E-state index < -0.39 is 11.4 Å². The summed E-state index contributed by atoms with van der Waals surface area (Å²) in [5.74, 6) is -1.37. The third-order valence-electron chi connectivity index (χ3n) is 2.69. The molecule has 4 heteroatoms. The third kappa shape index (κ3) is 2.37. The summed E-state index contributed by atoms with van der Waals surface area (Å²) in [5.41, 5.74) is -0.201. The van der Waals surface area contributed by atoms with E-state index in [-0.39, 0.29) is 5.91 Å². The van der Waals surface area contributed by atoms with Gasteiger partial charge in [-0.15, -0.1) is 0 Å². The van der Waals surface area contributed by atoms with E-state index in [4.69, 9.17) is 5.11 Å². The Balaban J connectivity index is 2.78. The molecule has 1 N–H and O–H groups in total. The van der Waals surface area contributed by atoms with Crippen LogP contribution >= 0.6 is 0 Å². The maximum atomic E-state index is 11.9. The summed E-state index contributed by atoms with van der Waals surface area (Å²) in [6.45, 7) is 6.02. The average molecular weight is 211 g/mol. The van der Waals surface area contributed by atoms with Crippen LogP contribution in [0.15, 0.2) is 11.6 Å². The van der Waals surface area contributed by atoms with Crippen LogP contribution in [0.2, 0.25) is 0 Å². The Morgan fingerprint density at radius 2 is 2.07 bits per heavy atom. The Morgan fingerprint density at radius 1 is 1.47 bits per heavy atom. The van der Waals surface area contributed by atoms with Crippen LogP contribution in [-0.4, -0.2) is 35.0 Å². The van der Waals surface area contributed by atoms with Crippen molar-refractivity contribution >= 4 is 11.9 Å². The fourth-order valence-corrected chi connectivity index (χ4v) is 1.57. The lowest BCUT2D eigenvalue weighted by Crippen LogP contribution is -2.47. The number of hydrogen-bond acceptors (Lipinski definition) is 2. The van der Waals surface area contributed by atoms with Crippen molar-refractivity contribution < 1.29 is 14.7 Å². The van der Waals surface area contributed by atoms with Gasteiger partial charge in [-0.25, -0.2) is 0 Å². The monoisotopic (exact) mass is 211 g/mol. The van der Waals surface area contributed by atoms with Crippen LogP contribution in [0.5, 0.6) is 0 Å². The van der Waals surface area contributed by atoms with E-state index in [1.54, 1.807) is 4.90 Å². The van der Waals surface area contributed by atoms with Gasteiger partial charge in [0.15, 0.2) is 0 Å². The molecule has 1 heterocycles. The maximum absolute atomic E-state index is 11.9. The highest BCUT2D eigenvalue weighted by Crippen LogP contribution is 2.21. The highest BCUT2D eigenvalue weighted by atomic mass is 16.4. The number of carboxylic acids is 1. The smallest absolute Gasteiger partial charge is 0.318 e. The van der Waals surface area contributed by atoms with E-state index in [9.17, 15) is 9.59 Å². The number of nitrogens with zero attached hydrogens (tertiary/aromatic N) is 1. The van der Waals surface area contributed by atoms with Crippen LogP contribution in [0, 0.1) is 5.41 Å². The van der Waals surface area contributed by atoms with Gasteiger partial charge in [-0.1, -0.05) is 11.6 Å². The quantitative estimate of drug-likeness (QED) is 0.553. The lowest BCUT2D eigenvalue weighted by Gasteiger charge is -2.31. The van der Waals surface area contributed by atoms with Gasteiger partial charge in [0.2, 0.25) is 5.91 Å². The second kappa shape index (κ2) is 4.04. The van der Waals surface area contributed by atoms with Crippen molar-refractivity contribution in [1.82, 2.24) is 4.90 Å². The summed E-state index contributed by atoms with van der Waals surface area (Å²) in [4.78, 5) is 24.5. The first-order valence-corrected chi connectivity index (χ1v) is 5.04. The van der Waals surface area contributed by atoms with Crippen LogP contribution < -0.4 is 0 Å². The summed E-state index contributed by atoms with van der Waals surface area (Å²) >= 11 is 0. The summed E-state index contributed by atoms with van der Waals surface area (Å²) in [6, 6.07) is 0. The van der Waals surface area contributed by atoms with Crippen molar-refractivity contribution in [3.63, 3.8) is 0 Å². The topological polar surface area (TPSA) is 57.6 Å². The molecule has 0 aliphatic carbocycles. The van der Waals surface area contributed by atoms with Crippen molar-refractivity contribution in [2.24, 2.45) is 5.41 Å². The number of carbonyl (C=O) groups excluding carboxylic acids is 1. The van der Waals surface area contributed by atoms with E-state index in [1.807, 2.05) is 6.92 Å². The van der Waals surface area contributed by atoms with Crippen LogP contribution in [0.25, 0.3) is 0 Å². The molecule has 0 aromatic rings. The minimum atomic E-state index is -1.32. The van der Waals surface area contributed by atoms with Gasteiger partial charge in [-0.2, -0.15) is 0 Å². The number of aliphatic carboxylic acids is 1. The zero-order chi connectivity index (χ0) is 11.6. The predicted octanol–water partition coefficient (Wildman–Crippen LogP) is 1.28. The van der Waals surface area contributed by atoms with Crippen molar-refractivity contribution in [3.05, 3.63) is 11.6 Å². The summed E-state index contributed by atoms with van der Waals surface area (Å²) in [6.07, 6.45) is 2.89. The molecule has 0 aromatic heterocycles. The van der Waals surface area contributed by atoms with Gasteiger partial charge in [0.05, 0.1) is 0 Å². The average Bonchev–Trinajstić information content (AvgIpc) is 2.16. The molecule has 0 spiro atoms. The molecule has 0 saturated heterocycles. The SMILES string of the molecule is CC1=CCCN(C(=O)C(C)(C)C(=O)O)C1. The summed E-state index contributed by atoms with van der Waals surface area (Å²) in [5, 5.41) is 8.95. The Bertz CT molecular complexity index is 318. The zero-order valence-corrected chi connectivity index (χ0v) is 9.41. The number of carboxylic acid groups (broad SMARTS) is 1. The van der Waals surface area contributed by atoms with Gasteiger partial charge in [-0.3, -0.25) is 9.59 Å². The Kier molecular flexibility index (Phi) is 3.17. The van der Waals surface area contributed by atoms with Gasteiger partial charge in [0, 0.05) is 13.1 Å². The van der Waals surface area contributed by atoms with Crippen molar-refractivity contribution in [2.75, 3.05) is 13.1 Å². The third-order valence-corrected chi connectivity index (χ3v) is 2.69. The molecular formula is C11H17NO3. The van der Waals surface area contributed by atoms with Gasteiger partial charge in [0.25, 0.3) is 0 Å². The fourth-order valence-electron chi connectivity index (χ4n) is 1.57. The Morgan fingerprint density at radius 3 is 2.53 bits per heavy atom. The lowest BCUT2D eigenvalue weighted by atomic mass is 9.91. The van der Waals surface area contributed by atoms with Crippen LogP contribution in [0.4, 0.5) is 0 Å².